The molecule has 0 aliphatic carbocycles. The van der Waals surface area contributed by atoms with E-state index in [1.165, 1.54) is 17.7 Å². The smallest absolute Gasteiger partial charge is 0.151 e. The van der Waals surface area contributed by atoms with Crippen molar-refractivity contribution in [2.24, 2.45) is 0 Å². The number of hydrogen-bond donors (Lipinski definition) is 3. The van der Waals surface area contributed by atoms with E-state index in [4.69, 9.17) is 11.6 Å². The third kappa shape index (κ3) is 4.49. The Morgan fingerprint density at radius 2 is 1.82 bits per heavy atom. The molecule has 0 spiro atoms. The lowest BCUT2D eigenvalue weighted by molar-refractivity contribution is -0.114. The van der Waals surface area contributed by atoms with Crippen molar-refractivity contribution in [1.29, 1.82) is 0 Å². The Balaban J connectivity index is 1.30. The van der Waals surface area contributed by atoms with Crippen LogP contribution in [0.3, 0.4) is 0 Å². The molecular weight excluding hydrogens is 459 g/mol. The van der Waals surface area contributed by atoms with Crippen molar-refractivity contribution in [3.05, 3.63) is 65.1 Å². The predicted molar refractivity (Wildman–Crippen MR) is 128 cm³/mol. The van der Waals surface area contributed by atoms with Gasteiger partial charge < -0.3 is 24.5 Å². The number of carbonyl (C=O) groups is 1. The molecule has 3 N–H and O–H groups in total. The van der Waals surface area contributed by atoms with Gasteiger partial charge in [0.25, 0.3) is 0 Å². The van der Waals surface area contributed by atoms with Gasteiger partial charge in [-0.2, -0.15) is 0 Å². The number of benzene rings is 2. The quantitative estimate of drug-likeness (QED) is 0.465. The van der Waals surface area contributed by atoms with Gasteiger partial charge in [0.2, 0.25) is 0 Å². The molecule has 7 nitrogen and oxygen atoms in total. The van der Waals surface area contributed by atoms with Crippen LogP contribution in [-0.2, 0) is 4.79 Å². The lowest BCUT2D eigenvalue weighted by Crippen LogP contribution is -2.46. The summed E-state index contributed by atoms with van der Waals surface area (Å²) in [7, 11) is 0. The highest BCUT2D eigenvalue weighted by molar-refractivity contribution is 6.31. The summed E-state index contributed by atoms with van der Waals surface area (Å²) in [5.41, 5.74) is 3.19. The van der Waals surface area contributed by atoms with Crippen molar-refractivity contribution in [3.63, 3.8) is 0 Å². The van der Waals surface area contributed by atoms with Crippen molar-refractivity contribution in [2.45, 2.75) is 37.4 Å². The number of nitrogens with zero attached hydrogens (tertiary/aromatic N) is 3. The third-order valence-corrected chi connectivity index (χ3v) is 7.29. The molecule has 5 rings (SSSR count). The van der Waals surface area contributed by atoms with Crippen LogP contribution in [0.15, 0.2) is 48.7 Å². The molecule has 0 amide bonds. The number of aromatic nitrogens is 1. The van der Waals surface area contributed by atoms with Crippen LogP contribution in [0, 0.1) is 5.82 Å². The highest BCUT2D eigenvalue weighted by Gasteiger charge is 2.38. The topological polar surface area (TPSA) is 81.0 Å². The fourth-order valence-corrected chi connectivity index (χ4v) is 5.36. The number of fused-ring (bicyclic) bond motifs is 1. The van der Waals surface area contributed by atoms with Crippen LogP contribution in [-0.4, -0.2) is 75.7 Å². The van der Waals surface area contributed by atoms with E-state index in [0.717, 1.165) is 42.5 Å². The maximum atomic E-state index is 13.5. The normalized spacial score (nSPS) is 24.8. The molecule has 9 heteroatoms. The van der Waals surface area contributed by atoms with Gasteiger partial charge in [-0.1, -0.05) is 11.6 Å². The third-order valence-electron chi connectivity index (χ3n) is 7.05. The molecule has 3 aromatic rings. The summed E-state index contributed by atoms with van der Waals surface area (Å²) in [5, 5.41) is 24.4. The largest absolute Gasteiger partial charge is 0.374 e. The maximum Gasteiger partial charge on any atom is 0.151 e. The molecule has 0 saturated carbocycles. The van der Waals surface area contributed by atoms with Crippen LogP contribution < -0.4 is 5.32 Å². The number of aliphatic hydroxyl groups is 2. The average Bonchev–Trinajstić information content (AvgIpc) is 3.35. The lowest BCUT2D eigenvalue weighted by Gasteiger charge is -2.34. The molecule has 2 aliphatic heterocycles. The minimum absolute atomic E-state index is 0.262. The monoisotopic (exact) mass is 486 g/mol. The van der Waals surface area contributed by atoms with Gasteiger partial charge in [-0.05, 0) is 79.9 Å². The zero-order chi connectivity index (χ0) is 23.8. The number of piperidine rings is 1. The molecule has 3 heterocycles. The van der Waals surface area contributed by atoms with E-state index in [1.807, 2.05) is 18.2 Å². The highest BCUT2D eigenvalue weighted by atomic mass is 35.5. The number of carbonyl (C=O) groups excluding carboxylic acids is 1. The summed E-state index contributed by atoms with van der Waals surface area (Å²) in [6.07, 6.45) is 1.90. The number of hydrogen-bond acceptors (Lipinski definition) is 6. The number of rotatable bonds is 6. The van der Waals surface area contributed by atoms with Gasteiger partial charge in [0.05, 0.1) is 5.52 Å². The van der Waals surface area contributed by atoms with Gasteiger partial charge in [-0.3, -0.25) is 10.2 Å². The lowest BCUT2D eigenvalue weighted by atomic mass is 9.89. The van der Waals surface area contributed by atoms with Crippen LogP contribution in [0.2, 0.25) is 5.02 Å². The number of aliphatic hydroxyl groups excluding tert-OH is 2. The van der Waals surface area contributed by atoms with Crippen LogP contribution in [0.1, 0.15) is 24.3 Å². The van der Waals surface area contributed by atoms with Gasteiger partial charge in [0.1, 0.15) is 24.4 Å². The first-order valence-corrected chi connectivity index (χ1v) is 11.9. The number of nitrogens with one attached hydrogen (secondary N) is 1. The zero-order valence-electron chi connectivity index (χ0n) is 18.6. The molecule has 34 heavy (non-hydrogen) atoms. The van der Waals surface area contributed by atoms with Crippen LogP contribution in [0.5, 0.6) is 0 Å². The van der Waals surface area contributed by atoms with E-state index in [0.29, 0.717) is 30.3 Å². The molecule has 3 unspecified atom stereocenters. The van der Waals surface area contributed by atoms with E-state index < -0.39 is 18.6 Å². The minimum atomic E-state index is -1.12. The second-order valence-electron chi connectivity index (χ2n) is 9.05. The second kappa shape index (κ2) is 9.73. The number of aldehydes is 1. The molecule has 1 aromatic heterocycles. The van der Waals surface area contributed by atoms with Gasteiger partial charge in [0, 0.05) is 35.4 Å². The van der Waals surface area contributed by atoms with E-state index in [2.05, 4.69) is 21.0 Å². The maximum absolute atomic E-state index is 13.5. The first-order chi connectivity index (χ1) is 16.4. The van der Waals surface area contributed by atoms with Crippen LogP contribution >= 0.6 is 11.6 Å². The fraction of sp³-hybridized carbons (Fsp3) is 0.400. The van der Waals surface area contributed by atoms with Crippen molar-refractivity contribution < 1.29 is 19.4 Å². The number of likely N-dealkylation sites (tertiary alicyclic amines) is 1. The summed E-state index contributed by atoms with van der Waals surface area (Å²) in [6, 6.07) is 12.4. The molecule has 0 radical (unpaired) electrons. The predicted octanol–water partition coefficient (Wildman–Crippen LogP) is 2.67. The molecule has 2 fully saturated rings. The second-order valence-corrected chi connectivity index (χ2v) is 9.49. The molecule has 2 saturated heterocycles. The van der Waals surface area contributed by atoms with Crippen molar-refractivity contribution >= 4 is 28.8 Å². The Morgan fingerprint density at radius 1 is 1.09 bits per heavy atom. The fourth-order valence-electron chi connectivity index (χ4n) is 5.18. The Kier molecular flexibility index (Phi) is 6.70. The van der Waals surface area contributed by atoms with Gasteiger partial charge in [-0.15, -0.1) is 0 Å². The zero-order valence-corrected chi connectivity index (χ0v) is 19.4. The summed E-state index contributed by atoms with van der Waals surface area (Å²) in [4.78, 5) is 15.1. The van der Waals surface area contributed by atoms with Gasteiger partial charge in [-0.25, -0.2) is 4.39 Å². The first kappa shape index (κ1) is 23.4. The Morgan fingerprint density at radius 3 is 2.53 bits per heavy atom. The van der Waals surface area contributed by atoms with E-state index in [1.54, 1.807) is 17.0 Å². The van der Waals surface area contributed by atoms with Crippen molar-refractivity contribution in [3.8, 4) is 5.69 Å². The molecule has 180 valence electrons. The average molecular weight is 487 g/mol. The van der Waals surface area contributed by atoms with Crippen LogP contribution in [0.25, 0.3) is 16.6 Å². The minimum Gasteiger partial charge on any atom is -0.374 e. The van der Waals surface area contributed by atoms with E-state index in [-0.39, 0.29) is 5.82 Å². The van der Waals surface area contributed by atoms with Gasteiger partial charge >= 0.3 is 0 Å². The molecule has 0 bridgehead atoms. The Labute approximate surface area is 202 Å². The summed E-state index contributed by atoms with van der Waals surface area (Å²) in [5.74, 6) is 0.101. The van der Waals surface area contributed by atoms with E-state index in [9.17, 15) is 19.4 Å². The molecule has 3 atom stereocenters. The SMILES string of the molecule is O=CC1NC(O)C(O)N1CCN1CCC(c2cn(-c3ccc(F)cc3)c3ccc(Cl)cc23)CC1. The molecular formula is C25H28ClFN4O3. The number of halogens is 2. The molecule has 2 aliphatic rings. The Hall–Kier alpha value is -2.33. The van der Waals surface area contributed by atoms with Crippen LogP contribution in [0.4, 0.5) is 4.39 Å². The molecule has 2 aromatic carbocycles. The summed E-state index contributed by atoms with van der Waals surface area (Å²) >= 11 is 6.34. The van der Waals surface area contributed by atoms with Crippen molar-refractivity contribution in [2.75, 3.05) is 26.2 Å². The van der Waals surface area contributed by atoms with Gasteiger partial charge in [0.15, 0.2) is 6.29 Å². The standard InChI is InChI=1S/C25H28ClFN4O3/c26-17-1-6-22-20(13-17)21(14-31(22)19-4-2-18(27)3-5-19)16-7-9-29(10-8-16)11-12-30-23(15-32)28-24(33)25(30)34/h1-6,13-16,23-25,28,33-34H,7-12H2. The summed E-state index contributed by atoms with van der Waals surface area (Å²) in [6.45, 7) is 2.96. The highest BCUT2D eigenvalue weighted by Crippen LogP contribution is 2.37. The summed E-state index contributed by atoms with van der Waals surface area (Å²) < 4.78 is 15.6. The van der Waals surface area contributed by atoms with E-state index >= 15 is 0 Å². The Bertz CT molecular complexity index is 1160. The first-order valence-electron chi connectivity index (χ1n) is 11.6. The van der Waals surface area contributed by atoms with Crippen molar-refractivity contribution in [1.82, 2.24) is 19.7 Å².